The van der Waals surface area contributed by atoms with Crippen molar-refractivity contribution in [3.63, 3.8) is 0 Å². The SMILES string of the molecule is O=C(O)Cc1c(Br)cc(Cl)cc1OC(F)F. The second-order valence-corrected chi connectivity index (χ2v) is 4.10. The van der Waals surface area contributed by atoms with Crippen LogP contribution in [0.4, 0.5) is 8.78 Å². The predicted molar refractivity (Wildman–Crippen MR) is 57.1 cm³/mol. The second-order valence-electron chi connectivity index (χ2n) is 2.81. The van der Waals surface area contributed by atoms with Crippen LogP contribution in [0.3, 0.4) is 0 Å². The molecule has 0 unspecified atom stereocenters. The molecule has 0 heterocycles. The van der Waals surface area contributed by atoms with E-state index in [0.717, 1.165) is 6.07 Å². The largest absolute Gasteiger partial charge is 0.481 e. The Hall–Kier alpha value is -0.880. The van der Waals surface area contributed by atoms with Crippen molar-refractivity contribution in [3.05, 3.63) is 27.2 Å². The molecular weight excluding hydrogens is 309 g/mol. The molecule has 0 atom stereocenters. The van der Waals surface area contributed by atoms with Crippen LogP contribution in [0.2, 0.25) is 5.02 Å². The molecule has 0 aliphatic rings. The van der Waals surface area contributed by atoms with Gasteiger partial charge in [0, 0.05) is 15.1 Å². The number of carbonyl (C=O) groups is 1. The highest BCUT2D eigenvalue weighted by molar-refractivity contribution is 9.10. The van der Waals surface area contributed by atoms with Gasteiger partial charge < -0.3 is 9.84 Å². The summed E-state index contributed by atoms with van der Waals surface area (Å²) in [5.41, 5.74) is 0.122. The maximum atomic E-state index is 12.1. The third-order valence-corrected chi connectivity index (χ3v) is 2.59. The minimum absolute atomic E-state index is 0.122. The van der Waals surface area contributed by atoms with Crippen LogP contribution in [-0.2, 0) is 11.2 Å². The van der Waals surface area contributed by atoms with Gasteiger partial charge in [-0.3, -0.25) is 4.79 Å². The Morgan fingerprint density at radius 2 is 2.19 bits per heavy atom. The first-order chi connectivity index (χ1) is 7.40. The molecule has 0 amide bonds. The van der Waals surface area contributed by atoms with E-state index in [1.165, 1.54) is 6.07 Å². The van der Waals surface area contributed by atoms with E-state index in [0.29, 0.717) is 4.47 Å². The van der Waals surface area contributed by atoms with Crippen LogP contribution in [0.5, 0.6) is 5.75 Å². The molecule has 0 saturated heterocycles. The molecule has 0 radical (unpaired) electrons. The molecule has 0 aromatic heterocycles. The van der Waals surface area contributed by atoms with Crippen molar-refractivity contribution in [1.82, 2.24) is 0 Å². The van der Waals surface area contributed by atoms with Crippen molar-refractivity contribution < 1.29 is 23.4 Å². The van der Waals surface area contributed by atoms with E-state index in [2.05, 4.69) is 20.7 Å². The van der Waals surface area contributed by atoms with Gasteiger partial charge in [0.1, 0.15) is 5.75 Å². The molecule has 0 saturated carbocycles. The molecule has 0 aliphatic carbocycles. The monoisotopic (exact) mass is 314 g/mol. The van der Waals surface area contributed by atoms with E-state index in [4.69, 9.17) is 16.7 Å². The first-order valence-electron chi connectivity index (χ1n) is 4.04. The molecule has 88 valence electrons. The van der Waals surface area contributed by atoms with Crippen molar-refractivity contribution in [2.45, 2.75) is 13.0 Å². The molecule has 1 aromatic carbocycles. The zero-order chi connectivity index (χ0) is 12.3. The molecule has 1 N–H and O–H groups in total. The highest BCUT2D eigenvalue weighted by atomic mass is 79.9. The van der Waals surface area contributed by atoms with Crippen molar-refractivity contribution in [3.8, 4) is 5.75 Å². The Kier molecular flexibility index (Phi) is 4.49. The lowest BCUT2D eigenvalue weighted by molar-refractivity contribution is -0.136. The van der Waals surface area contributed by atoms with Gasteiger partial charge in [0.25, 0.3) is 0 Å². The zero-order valence-electron chi connectivity index (χ0n) is 7.71. The van der Waals surface area contributed by atoms with E-state index in [9.17, 15) is 13.6 Å². The number of carboxylic acid groups (broad SMARTS) is 1. The minimum atomic E-state index is -3.03. The molecule has 1 rings (SSSR count). The molecule has 1 aromatic rings. The van der Waals surface area contributed by atoms with E-state index in [1.807, 2.05) is 0 Å². The standard InChI is InChI=1S/C9H6BrClF2O3/c10-6-1-4(11)2-7(16-9(12)13)5(6)3-8(14)15/h1-2,9H,3H2,(H,14,15). The molecule has 0 aliphatic heterocycles. The summed E-state index contributed by atoms with van der Waals surface area (Å²) in [5, 5.41) is 8.80. The topological polar surface area (TPSA) is 46.5 Å². The number of ether oxygens (including phenoxy) is 1. The summed E-state index contributed by atoms with van der Waals surface area (Å²) in [6.45, 7) is -3.03. The van der Waals surface area contributed by atoms with Crippen LogP contribution in [0, 0.1) is 0 Å². The molecule has 0 spiro atoms. The Morgan fingerprint density at radius 3 is 2.69 bits per heavy atom. The normalized spacial score (nSPS) is 10.6. The number of halogens is 4. The number of carboxylic acids is 1. The van der Waals surface area contributed by atoms with Gasteiger partial charge in [0.2, 0.25) is 0 Å². The maximum Gasteiger partial charge on any atom is 0.387 e. The predicted octanol–water partition coefficient (Wildman–Crippen LogP) is 3.33. The van der Waals surface area contributed by atoms with Gasteiger partial charge in [-0.2, -0.15) is 8.78 Å². The highest BCUT2D eigenvalue weighted by Gasteiger charge is 2.16. The fraction of sp³-hybridized carbons (Fsp3) is 0.222. The lowest BCUT2D eigenvalue weighted by Gasteiger charge is -2.11. The summed E-state index contributed by atoms with van der Waals surface area (Å²) >= 11 is 8.68. The Labute approximate surface area is 103 Å². The first-order valence-corrected chi connectivity index (χ1v) is 5.21. The van der Waals surface area contributed by atoms with Gasteiger partial charge in [-0.1, -0.05) is 27.5 Å². The lowest BCUT2D eigenvalue weighted by Crippen LogP contribution is -2.08. The van der Waals surface area contributed by atoms with Crippen molar-refractivity contribution in [2.75, 3.05) is 0 Å². The summed E-state index contributed by atoms with van der Waals surface area (Å²) in [6.07, 6.45) is -0.431. The Balaban J connectivity index is 3.15. The summed E-state index contributed by atoms with van der Waals surface area (Å²) in [7, 11) is 0. The van der Waals surface area contributed by atoms with Crippen LogP contribution in [0.15, 0.2) is 16.6 Å². The Morgan fingerprint density at radius 1 is 1.56 bits per heavy atom. The van der Waals surface area contributed by atoms with Gasteiger partial charge in [-0.05, 0) is 12.1 Å². The van der Waals surface area contributed by atoms with E-state index in [1.54, 1.807) is 0 Å². The van der Waals surface area contributed by atoms with Crippen LogP contribution >= 0.6 is 27.5 Å². The molecule has 3 nitrogen and oxygen atoms in total. The van der Waals surface area contributed by atoms with Crippen molar-refractivity contribution in [1.29, 1.82) is 0 Å². The van der Waals surface area contributed by atoms with Gasteiger partial charge in [-0.15, -0.1) is 0 Å². The Bertz CT molecular complexity index is 412. The van der Waals surface area contributed by atoms with Crippen molar-refractivity contribution >= 4 is 33.5 Å². The number of hydrogen-bond donors (Lipinski definition) is 1. The minimum Gasteiger partial charge on any atom is -0.481 e. The van der Waals surface area contributed by atoms with E-state index in [-0.39, 0.29) is 16.3 Å². The van der Waals surface area contributed by atoms with Gasteiger partial charge in [0.05, 0.1) is 6.42 Å². The average Bonchev–Trinajstić information content (AvgIpc) is 2.09. The molecule has 16 heavy (non-hydrogen) atoms. The summed E-state index contributed by atoms with van der Waals surface area (Å²) in [5.74, 6) is -1.39. The third-order valence-electron chi connectivity index (χ3n) is 1.66. The number of benzene rings is 1. The number of hydrogen-bond acceptors (Lipinski definition) is 2. The van der Waals surface area contributed by atoms with Crippen LogP contribution in [-0.4, -0.2) is 17.7 Å². The van der Waals surface area contributed by atoms with Gasteiger partial charge >= 0.3 is 12.6 Å². The fourth-order valence-corrected chi connectivity index (χ4v) is 2.03. The molecular formula is C9H6BrClF2O3. The third kappa shape index (κ3) is 3.61. The van der Waals surface area contributed by atoms with Crippen molar-refractivity contribution in [2.24, 2.45) is 0 Å². The number of alkyl halides is 2. The number of aliphatic carboxylic acids is 1. The number of rotatable bonds is 4. The summed E-state index contributed by atoms with van der Waals surface area (Å²) in [4.78, 5) is 10.5. The smallest absolute Gasteiger partial charge is 0.387 e. The lowest BCUT2D eigenvalue weighted by atomic mass is 10.1. The van der Waals surface area contributed by atoms with Crippen LogP contribution in [0.25, 0.3) is 0 Å². The van der Waals surface area contributed by atoms with Gasteiger partial charge in [0.15, 0.2) is 0 Å². The average molecular weight is 315 g/mol. The van der Waals surface area contributed by atoms with E-state index >= 15 is 0 Å². The highest BCUT2D eigenvalue weighted by Crippen LogP contribution is 2.32. The fourth-order valence-electron chi connectivity index (χ4n) is 1.10. The summed E-state index contributed by atoms with van der Waals surface area (Å²) in [6, 6.07) is 2.56. The molecule has 0 bridgehead atoms. The quantitative estimate of drug-likeness (QED) is 0.927. The second kappa shape index (κ2) is 5.45. The van der Waals surface area contributed by atoms with Gasteiger partial charge in [-0.25, -0.2) is 0 Å². The molecule has 0 fully saturated rings. The molecule has 7 heteroatoms. The van der Waals surface area contributed by atoms with Crippen LogP contribution < -0.4 is 4.74 Å². The summed E-state index contributed by atoms with van der Waals surface area (Å²) < 4.78 is 28.7. The van der Waals surface area contributed by atoms with E-state index < -0.39 is 19.0 Å². The zero-order valence-corrected chi connectivity index (χ0v) is 10.1. The first kappa shape index (κ1) is 13.2. The maximum absolute atomic E-state index is 12.1. The van der Waals surface area contributed by atoms with Crippen LogP contribution in [0.1, 0.15) is 5.56 Å².